The molecule has 1 aliphatic heterocycles. The van der Waals surface area contributed by atoms with E-state index < -0.39 is 0 Å². The molecule has 1 aliphatic rings. The van der Waals surface area contributed by atoms with Crippen molar-refractivity contribution in [3.05, 3.63) is 47.3 Å². The van der Waals surface area contributed by atoms with Gasteiger partial charge in [-0.1, -0.05) is 6.07 Å². The zero-order valence-electron chi connectivity index (χ0n) is 15.6. The Morgan fingerprint density at radius 1 is 1.35 bits per heavy atom. The lowest BCUT2D eigenvalue weighted by Gasteiger charge is -2.31. The molecule has 2 aromatic rings. The summed E-state index contributed by atoms with van der Waals surface area (Å²) in [6.07, 6.45) is 2.21. The van der Waals surface area contributed by atoms with Crippen LogP contribution in [0, 0.1) is 19.8 Å². The van der Waals surface area contributed by atoms with Gasteiger partial charge in [-0.05, 0) is 63.4 Å². The Morgan fingerprint density at radius 3 is 2.92 bits per heavy atom. The van der Waals surface area contributed by atoms with Crippen LogP contribution in [-0.4, -0.2) is 58.5 Å². The van der Waals surface area contributed by atoms with Gasteiger partial charge in [-0.25, -0.2) is 4.68 Å². The molecule has 6 heteroatoms. The molecule has 0 aliphatic carbocycles. The van der Waals surface area contributed by atoms with Crippen LogP contribution < -0.4 is 5.32 Å². The number of aryl methyl sites for hydroxylation is 2. The van der Waals surface area contributed by atoms with Gasteiger partial charge in [0, 0.05) is 37.5 Å². The summed E-state index contributed by atoms with van der Waals surface area (Å²) in [6.45, 7) is 7.61. The number of aliphatic hydroxyl groups excluding tert-OH is 1. The Kier molecular flexibility index (Phi) is 6.06. The summed E-state index contributed by atoms with van der Waals surface area (Å²) in [7, 11) is 0. The van der Waals surface area contributed by atoms with Crippen LogP contribution >= 0.6 is 0 Å². The van der Waals surface area contributed by atoms with Crippen molar-refractivity contribution in [2.24, 2.45) is 5.92 Å². The van der Waals surface area contributed by atoms with Crippen molar-refractivity contribution in [2.45, 2.75) is 26.7 Å². The normalized spacial score (nSPS) is 18.0. The van der Waals surface area contributed by atoms with E-state index in [9.17, 15) is 9.90 Å². The summed E-state index contributed by atoms with van der Waals surface area (Å²) >= 11 is 0. The van der Waals surface area contributed by atoms with E-state index >= 15 is 0 Å². The van der Waals surface area contributed by atoms with Crippen molar-refractivity contribution in [3.8, 4) is 5.69 Å². The molecule has 6 nitrogen and oxygen atoms in total. The van der Waals surface area contributed by atoms with Crippen LogP contribution in [0.4, 0.5) is 0 Å². The van der Waals surface area contributed by atoms with E-state index in [0.29, 0.717) is 18.0 Å². The van der Waals surface area contributed by atoms with Crippen molar-refractivity contribution in [3.63, 3.8) is 0 Å². The Hall–Kier alpha value is -2.18. The number of likely N-dealkylation sites (tertiary alicyclic amines) is 1. The summed E-state index contributed by atoms with van der Waals surface area (Å²) in [4.78, 5) is 14.8. The zero-order valence-corrected chi connectivity index (χ0v) is 15.6. The maximum Gasteiger partial charge on any atom is 0.251 e. The van der Waals surface area contributed by atoms with Crippen LogP contribution in [0.15, 0.2) is 30.3 Å². The molecule has 0 saturated carbocycles. The topological polar surface area (TPSA) is 70.4 Å². The second kappa shape index (κ2) is 8.47. The minimum Gasteiger partial charge on any atom is -0.396 e. The van der Waals surface area contributed by atoms with Crippen LogP contribution in [0.3, 0.4) is 0 Å². The van der Waals surface area contributed by atoms with Crippen molar-refractivity contribution >= 4 is 5.91 Å². The predicted molar refractivity (Wildman–Crippen MR) is 102 cm³/mol. The Balaban J connectivity index is 1.57. The summed E-state index contributed by atoms with van der Waals surface area (Å²) < 4.78 is 1.86. The zero-order chi connectivity index (χ0) is 18.5. The highest BCUT2D eigenvalue weighted by molar-refractivity contribution is 5.94. The molecule has 140 valence electrons. The van der Waals surface area contributed by atoms with E-state index in [2.05, 4.69) is 15.3 Å². The van der Waals surface area contributed by atoms with Gasteiger partial charge in [-0.3, -0.25) is 4.79 Å². The first-order valence-electron chi connectivity index (χ1n) is 9.32. The molecule has 0 radical (unpaired) electrons. The standard InChI is InChI=1S/C20H28N4O2/c1-15-11-16(2)24(22-15)19-7-3-6-18(12-19)20(26)21-8-10-23-9-4-5-17(13-23)14-25/h3,6-7,11-12,17,25H,4-5,8-10,13-14H2,1-2H3,(H,21,26)/t17-/m1/s1. The van der Waals surface area contributed by atoms with Gasteiger partial charge >= 0.3 is 0 Å². The lowest BCUT2D eigenvalue weighted by Crippen LogP contribution is -2.41. The molecular formula is C20H28N4O2. The summed E-state index contributed by atoms with van der Waals surface area (Å²) in [5.41, 5.74) is 3.54. The average Bonchev–Trinajstić information content (AvgIpc) is 3.00. The van der Waals surface area contributed by atoms with Crippen molar-refractivity contribution < 1.29 is 9.90 Å². The average molecular weight is 356 g/mol. The maximum absolute atomic E-state index is 12.5. The molecule has 1 fully saturated rings. The van der Waals surface area contributed by atoms with E-state index in [1.807, 2.05) is 48.9 Å². The minimum atomic E-state index is -0.0656. The van der Waals surface area contributed by atoms with E-state index in [4.69, 9.17) is 0 Å². The number of aliphatic hydroxyl groups is 1. The molecule has 1 amide bonds. The van der Waals surface area contributed by atoms with Crippen molar-refractivity contribution in [2.75, 3.05) is 32.8 Å². The van der Waals surface area contributed by atoms with Crippen LogP contribution in [0.1, 0.15) is 34.6 Å². The number of hydrogen-bond acceptors (Lipinski definition) is 4. The van der Waals surface area contributed by atoms with E-state index in [0.717, 1.165) is 49.6 Å². The number of benzene rings is 1. The van der Waals surface area contributed by atoms with E-state index in [1.54, 1.807) is 0 Å². The number of hydrogen-bond donors (Lipinski definition) is 2. The second-order valence-corrected chi connectivity index (χ2v) is 7.14. The fraction of sp³-hybridized carbons (Fsp3) is 0.500. The van der Waals surface area contributed by atoms with Gasteiger partial charge in [0.2, 0.25) is 0 Å². The lowest BCUT2D eigenvalue weighted by molar-refractivity contribution is 0.0930. The van der Waals surface area contributed by atoms with Gasteiger partial charge < -0.3 is 15.3 Å². The van der Waals surface area contributed by atoms with Gasteiger partial charge in [0.15, 0.2) is 0 Å². The van der Waals surface area contributed by atoms with Crippen molar-refractivity contribution in [1.29, 1.82) is 0 Å². The first kappa shape index (κ1) is 18.6. The molecule has 0 unspecified atom stereocenters. The van der Waals surface area contributed by atoms with Gasteiger partial charge in [-0.15, -0.1) is 0 Å². The predicted octanol–water partition coefficient (Wildman–Crippen LogP) is 1.92. The highest BCUT2D eigenvalue weighted by Crippen LogP contribution is 2.15. The Morgan fingerprint density at radius 2 is 2.19 bits per heavy atom. The Bertz CT molecular complexity index is 756. The molecule has 2 N–H and O–H groups in total. The lowest BCUT2D eigenvalue weighted by atomic mass is 9.99. The first-order valence-corrected chi connectivity index (χ1v) is 9.32. The highest BCUT2D eigenvalue weighted by atomic mass is 16.3. The van der Waals surface area contributed by atoms with Crippen LogP contribution in [0.2, 0.25) is 0 Å². The monoisotopic (exact) mass is 356 g/mol. The third-order valence-corrected chi connectivity index (χ3v) is 4.94. The third-order valence-electron chi connectivity index (χ3n) is 4.94. The molecule has 1 saturated heterocycles. The number of nitrogens with one attached hydrogen (secondary N) is 1. The second-order valence-electron chi connectivity index (χ2n) is 7.14. The van der Waals surface area contributed by atoms with Crippen LogP contribution in [0.25, 0.3) is 5.69 Å². The summed E-state index contributed by atoms with van der Waals surface area (Å²) in [5.74, 6) is 0.306. The summed E-state index contributed by atoms with van der Waals surface area (Å²) in [5, 5.41) is 16.8. The molecule has 1 aromatic carbocycles. The van der Waals surface area contributed by atoms with Gasteiger partial charge in [-0.2, -0.15) is 5.10 Å². The highest BCUT2D eigenvalue weighted by Gasteiger charge is 2.18. The number of aromatic nitrogens is 2. The quantitative estimate of drug-likeness (QED) is 0.830. The molecule has 1 aromatic heterocycles. The Labute approximate surface area is 154 Å². The molecule has 3 rings (SSSR count). The van der Waals surface area contributed by atoms with E-state index in [-0.39, 0.29) is 12.5 Å². The van der Waals surface area contributed by atoms with Crippen LogP contribution in [-0.2, 0) is 0 Å². The molecule has 1 atom stereocenters. The van der Waals surface area contributed by atoms with Crippen molar-refractivity contribution in [1.82, 2.24) is 20.0 Å². The third kappa shape index (κ3) is 4.51. The fourth-order valence-corrected chi connectivity index (χ4v) is 3.60. The first-order chi connectivity index (χ1) is 12.6. The van der Waals surface area contributed by atoms with Gasteiger partial charge in [0.1, 0.15) is 0 Å². The van der Waals surface area contributed by atoms with Gasteiger partial charge in [0.25, 0.3) is 5.91 Å². The number of carbonyl (C=O) groups excluding carboxylic acids is 1. The molecule has 2 heterocycles. The molecule has 26 heavy (non-hydrogen) atoms. The SMILES string of the molecule is Cc1cc(C)n(-c2cccc(C(=O)NCCN3CCC[C@@H](CO)C3)c2)n1. The smallest absolute Gasteiger partial charge is 0.251 e. The number of rotatable bonds is 6. The molecule has 0 spiro atoms. The number of nitrogens with zero attached hydrogens (tertiary/aromatic N) is 3. The largest absolute Gasteiger partial charge is 0.396 e. The maximum atomic E-state index is 12.5. The molecular weight excluding hydrogens is 328 g/mol. The number of carbonyl (C=O) groups is 1. The fourth-order valence-electron chi connectivity index (χ4n) is 3.60. The number of piperidine rings is 1. The minimum absolute atomic E-state index is 0.0656. The molecule has 0 bridgehead atoms. The number of amides is 1. The summed E-state index contributed by atoms with van der Waals surface area (Å²) in [6, 6.07) is 9.56. The van der Waals surface area contributed by atoms with Gasteiger partial charge in [0.05, 0.1) is 11.4 Å². The van der Waals surface area contributed by atoms with Crippen LogP contribution in [0.5, 0.6) is 0 Å². The van der Waals surface area contributed by atoms with E-state index in [1.165, 1.54) is 0 Å².